The molecule has 2 aromatic rings. The van der Waals surface area contributed by atoms with Crippen LogP contribution in [0.2, 0.25) is 0 Å². The Labute approximate surface area is 225 Å². The summed E-state index contributed by atoms with van der Waals surface area (Å²) in [4.78, 5) is 40.6. The number of likely N-dealkylation sites (N-methyl/N-ethyl adjacent to an activating group) is 1. The maximum absolute atomic E-state index is 14.1. The van der Waals surface area contributed by atoms with Gasteiger partial charge in [-0.2, -0.15) is 0 Å². The summed E-state index contributed by atoms with van der Waals surface area (Å²) < 4.78 is 28.1. The molecule has 208 valence electrons. The Morgan fingerprint density at radius 1 is 1.07 bits per heavy atom. The molecule has 3 aliphatic carbocycles. The number of primary amides is 1. The molecule has 0 unspecified atom stereocenters. The van der Waals surface area contributed by atoms with Crippen LogP contribution in [0, 0.1) is 23.5 Å². The third kappa shape index (κ3) is 3.60. The fourth-order valence-corrected chi connectivity index (χ4v) is 6.15. The number of Topliss-reactive ketones (excluding diaryl/α,β-unsaturated/α-hetero) is 2. The Kier molecular flexibility index (Phi) is 6.17. The van der Waals surface area contributed by atoms with Gasteiger partial charge in [-0.05, 0) is 49.0 Å². The first-order valence-corrected chi connectivity index (χ1v) is 12.0. The van der Waals surface area contributed by atoms with E-state index in [1.165, 1.54) is 43.3 Å². The molecule has 0 saturated carbocycles. The molecule has 0 heterocycles. The summed E-state index contributed by atoms with van der Waals surface area (Å²) >= 11 is 0. The predicted octanol–water partition coefficient (Wildman–Crippen LogP) is 1.37. The second-order valence-electron chi connectivity index (χ2n) is 10.2. The highest BCUT2D eigenvalue weighted by atomic mass is 19.1. The Hall–Kier alpha value is -4.39. The van der Waals surface area contributed by atoms with E-state index in [1.807, 2.05) is 0 Å². The largest absolute Gasteiger partial charge is 0.510 e. The number of nitrogens with two attached hydrogens (primary N) is 1. The lowest BCUT2D eigenvalue weighted by atomic mass is 9.56. The number of aliphatic hydroxyl groups is 4. The molecule has 7 N–H and O–H groups in total. The number of hydrogen-bond acceptors (Lipinski definition) is 9. The Morgan fingerprint density at radius 2 is 1.70 bits per heavy atom. The molecule has 5 atom stereocenters. The number of rotatable bonds is 3. The summed E-state index contributed by atoms with van der Waals surface area (Å²) in [6.45, 7) is 0. The lowest BCUT2D eigenvalue weighted by Crippen LogP contribution is -2.68. The van der Waals surface area contributed by atoms with Crippen molar-refractivity contribution in [2.24, 2.45) is 17.6 Å². The molecule has 10 nitrogen and oxygen atoms in total. The second kappa shape index (κ2) is 9.08. The van der Waals surface area contributed by atoms with Crippen molar-refractivity contribution in [3.63, 3.8) is 0 Å². The van der Waals surface area contributed by atoms with Crippen molar-refractivity contribution in [3.8, 4) is 5.75 Å². The zero-order valence-corrected chi connectivity index (χ0v) is 21.1. The molecule has 0 aliphatic heterocycles. The molecule has 40 heavy (non-hydrogen) atoms. The van der Waals surface area contributed by atoms with Gasteiger partial charge >= 0.3 is 0 Å². The van der Waals surface area contributed by atoms with E-state index >= 15 is 0 Å². The molecule has 12 heteroatoms. The predicted molar refractivity (Wildman–Crippen MR) is 136 cm³/mol. The van der Waals surface area contributed by atoms with Crippen LogP contribution in [-0.2, 0) is 9.59 Å². The average molecular weight is 555 g/mol. The molecular weight excluding hydrogens is 530 g/mol. The van der Waals surface area contributed by atoms with Gasteiger partial charge in [0.2, 0.25) is 5.78 Å². The third-order valence-corrected chi connectivity index (χ3v) is 7.74. The summed E-state index contributed by atoms with van der Waals surface area (Å²) in [7, 11) is 2.81. The summed E-state index contributed by atoms with van der Waals surface area (Å²) in [5.74, 6) is -11.7. The minimum absolute atomic E-state index is 0.0146. The number of ketones is 2. The van der Waals surface area contributed by atoms with E-state index in [-0.39, 0.29) is 22.3 Å². The summed E-state index contributed by atoms with van der Waals surface area (Å²) in [5.41, 5.74) is 0.186. The van der Waals surface area contributed by atoms with Crippen LogP contribution in [0.3, 0.4) is 0 Å². The highest BCUT2D eigenvalue weighted by Crippen LogP contribution is 2.55. The number of nitrogens with zero attached hydrogens (tertiary/aromatic N) is 1. The topological polar surface area (TPSA) is 182 Å². The van der Waals surface area contributed by atoms with Crippen LogP contribution < -0.4 is 5.73 Å². The van der Waals surface area contributed by atoms with Crippen LogP contribution >= 0.6 is 0 Å². The fraction of sp³-hybridized carbons (Fsp3) is 0.250. The molecule has 0 aromatic heterocycles. The first-order valence-electron chi connectivity index (χ1n) is 12.0. The minimum Gasteiger partial charge on any atom is -0.510 e. The van der Waals surface area contributed by atoms with Crippen LogP contribution in [0.25, 0.3) is 11.6 Å². The average Bonchev–Trinajstić information content (AvgIpc) is 2.84. The quantitative estimate of drug-likeness (QED) is 0.305. The maximum Gasteiger partial charge on any atom is 0.255 e. The zero-order chi connectivity index (χ0) is 29.4. The molecule has 0 radical (unpaired) electrons. The summed E-state index contributed by atoms with van der Waals surface area (Å²) in [6.07, 6.45) is -0.671. The first-order chi connectivity index (χ1) is 18.7. The first kappa shape index (κ1) is 27.2. The van der Waals surface area contributed by atoms with Crippen LogP contribution in [0.15, 0.2) is 59.1 Å². The number of carbonyl (C=O) groups is 3. The number of amides is 1. The fourth-order valence-electron chi connectivity index (χ4n) is 6.15. The van der Waals surface area contributed by atoms with Crippen LogP contribution in [0.4, 0.5) is 8.78 Å². The molecule has 0 bridgehead atoms. The molecule has 3 aliphatic rings. The van der Waals surface area contributed by atoms with Gasteiger partial charge in [0.15, 0.2) is 11.4 Å². The van der Waals surface area contributed by atoms with Crippen molar-refractivity contribution in [2.45, 2.75) is 17.7 Å². The van der Waals surface area contributed by atoms with E-state index in [0.29, 0.717) is 6.07 Å². The standard InChI is InChI=1S/C28H24F2N2O8/c1-32(2)21-20-23(35)17-14(8-10-6-11(29)9-12(30)7-10)13-4-3-5-15(33)16(13)22(34)18(17)25(37)28(20,40)26(38)19(24(21)36)27(31)39/h3-9,17,20-21,23,33,35-37,40H,1-2H3,(H2,31,39)/b14-8+/t17-,20-,21+,23+,28+/m1/s1. The maximum atomic E-state index is 14.1. The summed E-state index contributed by atoms with van der Waals surface area (Å²) in [5, 5.41) is 56.5. The molecular formula is C28H24F2N2O8. The molecule has 5 rings (SSSR count). The highest BCUT2D eigenvalue weighted by molar-refractivity contribution is 6.25. The smallest absolute Gasteiger partial charge is 0.255 e. The molecule has 1 amide bonds. The van der Waals surface area contributed by atoms with Gasteiger partial charge in [-0.15, -0.1) is 0 Å². The normalized spacial score (nSPS) is 29.0. The van der Waals surface area contributed by atoms with E-state index in [0.717, 1.165) is 12.1 Å². The van der Waals surface area contributed by atoms with E-state index in [4.69, 9.17) is 5.73 Å². The third-order valence-electron chi connectivity index (χ3n) is 7.74. The number of hydrogen-bond donors (Lipinski definition) is 6. The summed E-state index contributed by atoms with van der Waals surface area (Å²) in [6, 6.07) is 5.10. The van der Waals surface area contributed by atoms with Crippen molar-refractivity contribution in [1.29, 1.82) is 0 Å². The van der Waals surface area contributed by atoms with Crippen LogP contribution in [-0.4, -0.2) is 79.7 Å². The van der Waals surface area contributed by atoms with Gasteiger partial charge in [-0.3, -0.25) is 19.3 Å². The Morgan fingerprint density at radius 3 is 2.27 bits per heavy atom. The van der Waals surface area contributed by atoms with Gasteiger partial charge in [-0.25, -0.2) is 8.78 Å². The molecule has 0 saturated heterocycles. The van der Waals surface area contributed by atoms with Crippen molar-refractivity contribution >= 4 is 29.1 Å². The van der Waals surface area contributed by atoms with Gasteiger partial charge in [0.25, 0.3) is 5.91 Å². The highest BCUT2D eigenvalue weighted by Gasteiger charge is 2.67. The van der Waals surface area contributed by atoms with Gasteiger partial charge < -0.3 is 31.3 Å². The number of aromatic hydroxyl groups is 1. The van der Waals surface area contributed by atoms with Crippen molar-refractivity contribution in [2.75, 3.05) is 14.1 Å². The van der Waals surface area contributed by atoms with E-state index < -0.39 is 87.1 Å². The number of phenols is 1. The Balaban J connectivity index is 1.88. The number of carbonyl (C=O) groups excluding carboxylic acids is 3. The van der Waals surface area contributed by atoms with Crippen molar-refractivity contribution < 1.29 is 48.7 Å². The SMILES string of the molecule is CN(C)[C@@H]1C(O)=C(C(N)=O)C(=O)[C@@]2(O)C(O)=C3C(=O)c4c(O)cccc4/C(=C\c4cc(F)cc(F)c4)[C@H]3[C@H](O)[C@@H]12. The second-order valence-corrected chi connectivity index (χ2v) is 10.2. The number of aliphatic hydroxyl groups excluding tert-OH is 3. The zero-order valence-electron chi connectivity index (χ0n) is 21.1. The number of benzene rings is 2. The monoisotopic (exact) mass is 554 g/mol. The number of phenolic OH excluding ortho intramolecular Hbond substituents is 1. The van der Waals surface area contributed by atoms with E-state index in [1.54, 1.807) is 0 Å². The van der Waals surface area contributed by atoms with Gasteiger partial charge in [0, 0.05) is 12.0 Å². The Bertz CT molecular complexity index is 1590. The van der Waals surface area contributed by atoms with Gasteiger partial charge in [0.1, 0.15) is 34.5 Å². The van der Waals surface area contributed by atoms with Gasteiger partial charge in [0.05, 0.1) is 29.2 Å². The minimum atomic E-state index is -3.09. The van der Waals surface area contributed by atoms with Crippen molar-refractivity contribution in [3.05, 3.63) is 87.4 Å². The van der Waals surface area contributed by atoms with Crippen molar-refractivity contribution in [1.82, 2.24) is 4.90 Å². The number of halogens is 2. The number of fused-ring (bicyclic) bond motifs is 3. The molecule has 0 spiro atoms. The van der Waals surface area contributed by atoms with Crippen LogP contribution in [0.1, 0.15) is 21.5 Å². The molecule has 0 fully saturated rings. The lowest BCUT2D eigenvalue weighted by Gasteiger charge is -2.52. The lowest BCUT2D eigenvalue weighted by molar-refractivity contribution is -0.159. The van der Waals surface area contributed by atoms with Crippen LogP contribution in [0.5, 0.6) is 5.75 Å². The van der Waals surface area contributed by atoms with Gasteiger partial charge in [-0.1, -0.05) is 18.2 Å². The van der Waals surface area contributed by atoms with E-state index in [2.05, 4.69) is 0 Å². The van der Waals surface area contributed by atoms with E-state index in [9.17, 15) is 48.7 Å². The molecule has 2 aromatic carbocycles.